The maximum atomic E-state index is 12.6. The Balaban J connectivity index is 1.84. The van der Waals surface area contributed by atoms with Gasteiger partial charge in [-0.3, -0.25) is 4.79 Å². The molecule has 0 bridgehead atoms. The fourth-order valence-electron chi connectivity index (χ4n) is 2.72. The lowest BCUT2D eigenvalue weighted by Crippen LogP contribution is -2.36. The normalized spacial score (nSPS) is 11.1. The lowest BCUT2D eigenvalue weighted by Gasteiger charge is -2.24. The number of carbonyl (C=O) groups excluding carboxylic acids is 1. The molecule has 5 nitrogen and oxygen atoms in total. The van der Waals surface area contributed by atoms with Crippen LogP contribution in [0.3, 0.4) is 0 Å². The molecule has 0 aliphatic heterocycles. The van der Waals surface area contributed by atoms with Crippen molar-refractivity contribution in [1.82, 2.24) is 10.1 Å². The van der Waals surface area contributed by atoms with Crippen LogP contribution in [0.4, 0.5) is 0 Å². The monoisotopic (exact) mass is 338 g/mol. The van der Waals surface area contributed by atoms with Gasteiger partial charge in [0.25, 0.3) is 5.91 Å². The van der Waals surface area contributed by atoms with Crippen LogP contribution in [0.25, 0.3) is 11.3 Å². The number of nitrogens with zero attached hydrogens (tertiary/aromatic N) is 2. The molecule has 1 aromatic carbocycles. The second kappa shape index (κ2) is 6.97. The van der Waals surface area contributed by atoms with E-state index in [0.29, 0.717) is 23.8 Å². The molecule has 3 rings (SSSR count). The Hall–Kier alpha value is -2.82. The molecule has 1 amide bonds. The van der Waals surface area contributed by atoms with Crippen molar-refractivity contribution < 1.29 is 13.7 Å². The van der Waals surface area contributed by atoms with E-state index in [-0.39, 0.29) is 11.9 Å². The van der Waals surface area contributed by atoms with E-state index in [1.54, 1.807) is 17.0 Å². The Morgan fingerprint density at radius 1 is 1.20 bits per heavy atom. The number of aromatic nitrogens is 1. The number of furan rings is 1. The first-order chi connectivity index (χ1) is 12.0. The van der Waals surface area contributed by atoms with Crippen LogP contribution in [0.5, 0.6) is 0 Å². The van der Waals surface area contributed by atoms with Crippen molar-refractivity contribution in [3.8, 4) is 11.3 Å². The summed E-state index contributed by atoms with van der Waals surface area (Å²) < 4.78 is 10.8. The summed E-state index contributed by atoms with van der Waals surface area (Å²) in [6.07, 6.45) is 1.50. The van der Waals surface area contributed by atoms with Crippen molar-refractivity contribution in [3.05, 3.63) is 65.2 Å². The molecule has 0 fully saturated rings. The molecule has 0 radical (unpaired) electrons. The summed E-state index contributed by atoms with van der Waals surface area (Å²) in [4.78, 5) is 14.3. The van der Waals surface area contributed by atoms with Gasteiger partial charge in [0.15, 0.2) is 11.5 Å². The topological polar surface area (TPSA) is 59.5 Å². The minimum atomic E-state index is -0.156. The van der Waals surface area contributed by atoms with Gasteiger partial charge in [-0.1, -0.05) is 22.9 Å². The summed E-state index contributed by atoms with van der Waals surface area (Å²) >= 11 is 0. The van der Waals surface area contributed by atoms with Gasteiger partial charge in [0.05, 0.1) is 12.8 Å². The zero-order valence-electron chi connectivity index (χ0n) is 14.9. The molecular formula is C20H22N2O3. The van der Waals surface area contributed by atoms with Gasteiger partial charge < -0.3 is 13.8 Å². The molecule has 0 unspecified atom stereocenters. The third kappa shape index (κ3) is 3.65. The molecule has 5 heteroatoms. The van der Waals surface area contributed by atoms with Crippen molar-refractivity contribution in [3.63, 3.8) is 0 Å². The molecule has 0 saturated heterocycles. The first-order valence-electron chi connectivity index (χ1n) is 8.33. The van der Waals surface area contributed by atoms with Crippen molar-refractivity contribution in [2.24, 2.45) is 0 Å². The lowest BCUT2D eigenvalue weighted by molar-refractivity contribution is 0.0653. The van der Waals surface area contributed by atoms with Gasteiger partial charge in [0.1, 0.15) is 5.69 Å². The van der Waals surface area contributed by atoms with Gasteiger partial charge in [-0.25, -0.2) is 0 Å². The van der Waals surface area contributed by atoms with Crippen LogP contribution in [0.2, 0.25) is 0 Å². The highest BCUT2D eigenvalue weighted by molar-refractivity contribution is 5.91. The Morgan fingerprint density at radius 3 is 2.68 bits per heavy atom. The van der Waals surface area contributed by atoms with Crippen LogP contribution in [-0.2, 0) is 6.54 Å². The van der Waals surface area contributed by atoms with E-state index in [1.807, 2.05) is 33.8 Å². The molecule has 0 spiro atoms. The molecule has 2 aromatic heterocycles. The third-order valence-corrected chi connectivity index (χ3v) is 4.17. The summed E-state index contributed by atoms with van der Waals surface area (Å²) in [6.45, 7) is 8.38. The molecule has 0 aliphatic carbocycles. The van der Waals surface area contributed by atoms with Crippen molar-refractivity contribution >= 4 is 5.91 Å². The number of amides is 1. The predicted molar refractivity (Wildman–Crippen MR) is 95.1 cm³/mol. The zero-order valence-corrected chi connectivity index (χ0v) is 14.9. The highest BCUT2D eigenvalue weighted by Gasteiger charge is 2.23. The Labute approximate surface area is 147 Å². The van der Waals surface area contributed by atoms with Crippen LogP contribution in [0.1, 0.15) is 41.2 Å². The van der Waals surface area contributed by atoms with Crippen LogP contribution in [-0.4, -0.2) is 22.0 Å². The first-order valence-corrected chi connectivity index (χ1v) is 8.33. The summed E-state index contributed by atoms with van der Waals surface area (Å²) in [5.74, 6) is 0.883. The fourth-order valence-corrected chi connectivity index (χ4v) is 2.72. The average Bonchev–Trinajstić information content (AvgIpc) is 3.25. The maximum absolute atomic E-state index is 12.6. The van der Waals surface area contributed by atoms with Gasteiger partial charge in [0.2, 0.25) is 0 Å². The number of hydrogen-bond donors (Lipinski definition) is 0. The molecule has 25 heavy (non-hydrogen) atoms. The van der Waals surface area contributed by atoms with Crippen molar-refractivity contribution in [2.75, 3.05) is 0 Å². The number of aryl methyl sites for hydroxylation is 2. The van der Waals surface area contributed by atoms with Gasteiger partial charge in [-0.15, -0.1) is 0 Å². The Morgan fingerprint density at radius 2 is 2.00 bits per heavy atom. The van der Waals surface area contributed by atoms with E-state index in [9.17, 15) is 4.79 Å². The molecular weight excluding hydrogens is 316 g/mol. The minimum absolute atomic E-state index is 0.0125. The number of carbonyl (C=O) groups is 1. The second-order valence-electron chi connectivity index (χ2n) is 6.50. The smallest absolute Gasteiger partial charge is 0.290 e. The Kier molecular flexibility index (Phi) is 4.74. The zero-order chi connectivity index (χ0) is 18.0. The van der Waals surface area contributed by atoms with Crippen LogP contribution < -0.4 is 0 Å². The summed E-state index contributed by atoms with van der Waals surface area (Å²) in [7, 11) is 0. The highest BCUT2D eigenvalue weighted by Crippen LogP contribution is 2.26. The maximum Gasteiger partial charge on any atom is 0.290 e. The van der Waals surface area contributed by atoms with Gasteiger partial charge >= 0.3 is 0 Å². The van der Waals surface area contributed by atoms with E-state index >= 15 is 0 Å². The van der Waals surface area contributed by atoms with Crippen LogP contribution >= 0.6 is 0 Å². The molecule has 2 heterocycles. The summed E-state index contributed by atoms with van der Waals surface area (Å²) in [5.41, 5.74) is 4.02. The quantitative estimate of drug-likeness (QED) is 0.682. The summed E-state index contributed by atoms with van der Waals surface area (Å²) in [6, 6.07) is 11.5. The average molecular weight is 338 g/mol. The summed E-state index contributed by atoms with van der Waals surface area (Å²) in [5, 5.41) is 4.15. The second-order valence-corrected chi connectivity index (χ2v) is 6.50. The molecule has 0 saturated carbocycles. The number of rotatable bonds is 5. The van der Waals surface area contributed by atoms with E-state index in [4.69, 9.17) is 8.94 Å². The number of hydrogen-bond acceptors (Lipinski definition) is 4. The van der Waals surface area contributed by atoms with E-state index in [1.165, 1.54) is 6.26 Å². The van der Waals surface area contributed by atoms with Gasteiger partial charge in [-0.05, 0) is 51.5 Å². The SMILES string of the molecule is Cc1ccc(C)c(-c2cc(CN(C(=O)c3ccco3)C(C)C)no2)c1. The predicted octanol–water partition coefficient (Wildman–Crippen LogP) is 4.60. The standard InChI is InChI=1S/C20H22N2O3/c1-13(2)22(20(23)18-6-5-9-24-18)12-16-11-19(25-21-16)17-10-14(3)7-8-15(17)4/h5-11,13H,12H2,1-4H3. The Bertz CT molecular complexity index is 863. The van der Waals surface area contributed by atoms with Gasteiger partial charge in [-0.2, -0.15) is 0 Å². The number of benzene rings is 1. The fraction of sp³-hybridized carbons (Fsp3) is 0.300. The molecule has 0 atom stereocenters. The highest BCUT2D eigenvalue weighted by atomic mass is 16.5. The van der Waals surface area contributed by atoms with Crippen LogP contribution in [0, 0.1) is 13.8 Å². The molecule has 3 aromatic rings. The van der Waals surface area contributed by atoms with E-state index in [2.05, 4.69) is 23.4 Å². The minimum Gasteiger partial charge on any atom is -0.459 e. The van der Waals surface area contributed by atoms with E-state index < -0.39 is 0 Å². The third-order valence-electron chi connectivity index (χ3n) is 4.17. The molecule has 130 valence electrons. The van der Waals surface area contributed by atoms with Crippen molar-refractivity contribution in [1.29, 1.82) is 0 Å². The molecule has 0 aliphatic rings. The van der Waals surface area contributed by atoms with Crippen LogP contribution in [0.15, 0.2) is 51.6 Å². The largest absolute Gasteiger partial charge is 0.459 e. The lowest BCUT2D eigenvalue weighted by atomic mass is 10.0. The molecule has 0 N–H and O–H groups in total. The van der Waals surface area contributed by atoms with Gasteiger partial charge in [0, 0.05) is 17.7 Å². The van der Waals surface area contributed by atoms with Crippen molar-refractivity contribution in [2.45, 2.75) is 40.3 Å². The van der Waals surface area contributed by atoms with E-state index in [0.717, 1.165) is 16.7 Å². The first kappa shape index (κ1) is 17.0.